The highest BCUT2D eigenvalue weighted by molar-refractivity contribution is 14.1. The second kappa shape index (κ2) is 5.30. The highest BCUT2D eigenvalue weighted by Crippen LogP contribution is 2.14. The van der Waals surface area contributed by atoms with Crippen molar-refractivity contribution < 1.29 is 9.53 Å². The Morgan fingerprint density at radius 1 is 1.31 bits per heavy atom. The number of benzene rings is 1. The minimum Gasteiger partial charge on any atom is -0.467 e. The maximum absolute atomic E-state index is 11.3. The summed E-state index contributed by atoms with van der Waals surface area (Å²) in [5.41, 5.74) is 0.592. The first-order chi connectivity index (χ1) is 6.13. The van der Waals surface area contributed by atoms with Crippen LogP contribution in [-0.2, 0) is 4.74 Å². The van der Waals surface area contributed by atoms with Crippen molar-refractivity contribution in [1.29, 1.82) is 0 Å². The van der Waals surface area contributed by atoms with E-state index >= 15 is 0 Å². The number of hydrogen-bond acceptors (Lipinski definition) is 2. The standard InChI is InChI=1S/C8H5I2O2Si/c9-6-1-5(2-7(10)3-6)8(11)12-4-13/h1-3H,4H2. The maximum atomic E-state index is 11.3. The molecule has 0 saturated heterocycles. The molecule has 0 heterocycles. The molecule has 0 spiro atoms. The molecule has 0 aliphatic carbocycles. The van der Waals surface area contributed by atoms with Crippen LogP contribution in [0.4, 0.5) is 0 Å². The van der Waals surface area contributed by atoms with E-state index in [0.29, 0.717) is 5.56 Å². The zero-order chi connectivity index (χ0) is 9.84. The lowest BCUT2D eigenvalue weighted by atomic mass is 10.2. The molecule has 0 aliphatic rings. The Labute approximate surface area is 107 Å². The highest BCUT2D eigenvalue weighted by Gasteiger charge is 2.07. The van der Waals surface area contributed by atoms with E-state index in [1.807, 2.05) is 6.07 Å². The molecule has 1 aromatic rings. The fourth-order valence-corrected chi connectivity index (χ4v) is 2.89. The summed E-state index contributed by atoms with van der Waals surface area (Å²) < 4.78 is 6.87. The molecule has 0 aliphatic heterocycles. The third kappa shape index (κ3) is 3.54. The van der Waals surface area contributed by atoms with Gasteiger partial charge in [-0.3, -0.25) is 0 Å². The predicted octanol–water partition coefficient (Wildman–Crippen LogP) is 2.18. The number of rotatable bonds is 2. The highest BCUT2D eigenvalue weighted by atomic mass is 127. The van der Waals surface area contributed by atoms with Crippen LogP contribution in [0.25, 0.3) is 0 Å². The van der Waals surface area contributed by atoms with E-state index in [9.17, 15) is 4.79 Å². The van der Waals surface area contributed by atoms with Gasteiger partial charge in [0.2, 0.25) is 0 Å². The number of esters is 1. The molecular formula is C8H5I2O2Si. The summed E-state index contributed by atoms with van der Waals surface area (Å²) in [4.78, 5) is 11.3. The molecule has 0 bridgehead atoms. The number of carbonyl (C=O) groups excluding carboxylic acids is 1. The first-order valence-electron chi connectivity index (χ1n) is 3.41. The monoisotopic (exact) mass is 415 g/mol. The van der Waals surface area contributed by atoms with Gasteiger partial charge in [-0.05, 0) is 63.4 Å². The molecule has 0 fully saturated rings. The molecule has 5 heteroatoms. The molecule has 0 unspecified atom stereocenters. The lowest BCUT2D eigenvalue weighted by Gasteiger charge is -2.02. The van der Waals surface area contributed by atoms with Gasteiger partial charge in [0, 0.05) is 7.14 Å². The van der Waals surface area contributed by atoms with Crippen molar-refractivity contribution in [3.8, 4) is 0 Å². The third-order valence-corrected chi connectivity index (χ3v) is 2.69. The van der Waals surface area contributed by atoms with Gasteiger partial charge < -0.3 is 4.74 Å². The lowest BCUT2D eigenvalue weighted by molar-refractivity contribution is 0.0573. The van der Waals surface area contributed by atoms with E-state index in [2.05, 4.69) is 55.4 Å². The average Bonchev–Trinajstić information content (AvgIpc) is 2.03. The molecule has 0 amide bonds. The first kappa shape index (κ1) is 11.4. The smallest absolute Gasteiger partial charge is 0.337 e. The fourth-order valence-electron chi connectivity index (χ4n) is 0.821. The van der Waals surface area contributed by atoms with Gasteiger partial charge in [0.1, 0.15) is 0 Å². The maximum Gasteiger partial charge on any atom is 0.337 e. The van der Waals surface area contributed by atoms with Crippen molar-refractivity contribution in [2.24, 2.45) is 0 Å². The molecule has 2 nitrogen and oxygen atoms in total. The van der Waals surface area contributed by atoms with Gasteiger partial charge in [-0.15, -0.1) is 0 Å². The molecular weight excluding hydrogens is 410 g/mol. The Kier molecular flexibility index (Phi) is 4.66. The summed E-state index contributed by atoms with van der Waals surface area (Å²) in [6.45, 7) is 0. The Morgan fingerprint density at radius 3 is 2.31 bits per heavy atom. The van der Waals surface area contributed by atoms with Gasteiger partial charge in [0.05, 0.1) is 22.0 Å². The van der Waals surface area contributed by atoms with Gasteiger partial charge in [0.25, 0.3) is 0 Å². The van der Waals surface area contributed by atoms with E-state index in [0.717, 1.165) is 7.14 Å². The Balaban J connectivity index is 2.94. The van der Waals surface area contributed by atoms with Crippen molar-refractivity contribution >= 4 is 61.4 Å². The van der Waals surface area contributed by atoms with E-state index in [1.165, 1.54) is 0 Å². The van der Waals surface area contributed by atoms with E-state index in [1.54, 1.807) is 12.1 Å². The third-order valence-electron chi connectivity index (χ3n) is 1.30. The van der Waals surface area contributed by atoms with Crippen LogP contribution in [0.2, 0.25) is 0 Å². The van der Waals surface area contributed by atoms with Crippen LogP contribution in [0.1, 0.15) is 10.4 Å². The molecule has 13 heavy (non-hydrogen) atoms. The fraction of sp³-hybridized carbons (Fsp3) is 0.125. The van der Waals surface area contributed by atoms with Crippen LogP contribution in [0, 0.1) is 7.14 Å². The molecule has 67 valence electrons. The predicted molar refractivity (Wildman–Crippen MR) is 67.9 cm³/mol. The van der Waals surface area contributed by atoms with Crippen molar-refractivity contribution in [3.05, 3.63) is 30.9 Å². The quantitative estimate of drug-likeness (QED) is 0.421. The average molecular weight is 415 g/mol. The van der Waals surface area contributed by atoms with Gasteiger partial charge in [-0.25, -0.2) is 4.79 Å². The van der Waals surface area contributed by atoms with Crippen LogP contribution < -0.4 is 0 Å². The van der Waals surface area contributed by atoms with Crippen LogP contribution >= 0.6 is 45.2 Å². The van der Waals surface area contributed by atoms with Gasteiger partial charge >= 0.3 is 5.97 Å². The molecule has 0 N–H and O–H groups in total. The van der Waals surface area contributed by atoms with Gasteiger partial charge in [-0.1, -0.05) is 0 Å². The largest absolute Gasteiger partial charge is 0.467 e. The Bertz CT molecular complexity index is 308. The normalized spacial score (nSPS) is 9.77. The van der Waals surface area contributed by atoms with Crippen LogP contribution in [-0.4, -0.2) is 22.4 Å². The van der Waals surface area contributed by atoms with E-state index in [4.69, 9.17) is 4.74 Å². The van der Waals surface area contributed by atoms with Crippen molar-refractivity contribution in [2.45, 2.75) is 0 Å². The molecule has 1 aromatic carbocycles. The second-order valence-corrected chi connectivity index (χ2v) is 5.01. The zero-order valence-electron chi connectivity index (χ0n) is 6.51. The zero-order valence-corrected chi connectivity index (χ0v) is 11.8. The number of ether oxygens (including phenoxy) is 1. The Hall–Kier alpha value is 0.367. The van der Waals surface area contributed by atoms with Gasteiger partial charge in [-0.2, -0.15) is 0 Å². The first-order valence-corrected chi connectivity index (χ1v) is 6.28. The van der Waals surface area contributed by atoms with Crippen LogP contribution in [0.5, 0.6) is 0 Å². The minimum atomic E-state index is -0.300. The second-order valence-electron chi connectivity index (χ2n) is 2.23. The molecule has 0 atom stereocenters. The SMILES string of the molecule is O=C(OC[Si])c1cc(I)cc(I)c1. The summed E-state index contributed by atoms with van der Waals surface area (Å²) in [6.07, 6.45) is 0.223. The van der Waals surface area contributed by atoms with E-state index in [-0.39, 0.29) is 12.2 Å². The van der Waals surface area contributed by atoms with E-state index < -0.39 is 0 Å². The van der Waals surface area contributed by atoms with Crippen molar-refractivity contribution in [3.63, 3.8) is 0 Å². The lowest BCUT2D eigenvalue weighted by Crippen LogP contribution is -2.06. The van der Waals surface area contributed by atoms with Gasteiger partial charge in [0.15, 0.2) is 0 Å². The summed E-state index contributed by atoms with van der Waals surface area (Å²) in [6, 6.07) is 5.59. The number of halogens is 2. The summed E-state index contributed by atoms with van der Waals surface area (Å²) >= 11 is 4.34. The molecule has 1 rings (SSSR count). The minimum absolute atomic E-state index is 0.223. The number of carbonyl (C=O) groups is 1. The van der Waals surface area contributed by atoms with Crippen molar-refractivity contribution in [2.75, 3.05) is 6.23 Å². The summed E-state index contributed by atoms with van der Waals surface area (Å²) in [5, 5.41) is 0. The van der Waals surface area contributed by atoms with Crippen LogP contribution in [0.3, 0.4) is 0 Å². The summed E-state index contributed by atoms with van der Waals surface area (Å²) in [5.74, 6) is -0.300. The topological polar surface area (TPSA) is 26.3 Å². The number of hydrogen-bond donors (Lipinski definition) is 0. The Morgan fingerprint density at radius 2 is 1.85 bits per heavy atom. The summed E-state index contributed by atoms with van der Waals surface area (Å²) in [7, 11) is 3.08. The molecule has 0 aromatic heterocycles. The molecule has 3 radical (unpaired) electrons. The van der Waals surface area contributed by atoms with Crippen LogP contribution in [0.15, 0.2) is 18.2 Å². The molecule has 0 saturated carbocycles. The van der Waals surface area contributed by atoms with Crippen molar-refractivity contribution in [1.82, 2.24) is 0 Å².